The highest BCUT2D eigenvalue weighted by Gasteiger charge is 2.27. The van der Waals surface area contributed by atoms with Gasteiger partial charge in [0.1, 0.15) is 11.6 Å². The van der Waals surface area contributed by atoms with Gasteiger partial charge in [0.05, 0.1) is 11.4 Å². The number of thioether (sulfide) groups is 1. The largest absolute Gasteiger partial charge is 0.325 e. The van der Waals surface area contributed by atoms with E-state index in [1.807, 2.05) is 30.3 Å². The Labute approximate surface area is 145 Å². The summed E-state index contributed by atoms with van der Waals surface area (Å²) in [5, 5.41) is 3.63. The molecule has 0 atom stereocenters. The van der Waals surface area contributed by atoms with E-state index in [0.29, 0.717) is 17.4 Å². The van der Waals surface area contributed by atoms with E-state index in [2.05, 4.69) is 24.1 Å². The molecule has 2 amide bonds. The Morgan fingerprint density at radius 3 is 2.75 bits per heavy atom. The minimum atomic E-state index is -0.220. The fraction of sp³-hybridized carbons (Fsp3) is 0.278. The number of amides is 2. The van der Waals surface area contributed by atoms with Gasteiger partial charge in [-0.25, -0.2) is 4.98 Å². The maximum atomic E-state index is 12.3. The van der Waals surface area contributed by atoms with Crippen molar-refractivity contribution in [3.05, 3.63) is 48.2 Å². The molecule has 3 rings (SSSR count). The average molecular weight is 341 g/mol. The van der Waals surface area contributed by atoms with Gasteiger partial charge in [-0.15, -0.1) is 0 Å². The van der Waals surface area contributed by atoms with Gasteiger partial charge in [0.15, 0.2) is 0 Å². The Morgan fingerprint density at radius 2 is 2.04 bits per heavy atom. The van der Waals surface area contributed by atoms with Crippen LogP contribution < -0.4 is 10.2 Å². The van der Waals surface area contributed by atoms with E-state index < -0.39 is 0 Å². The summed E-state index contributed by atoms with van der Waals surface area (Å²) < 4.78 is 0. The smallest absolute Gasteiger partial charge is 0.244 e. The van der Waals surface area contributed by atoms with Gasteiger partial charge in [0.25, 0.3) is 0 Å². The van der Waals surface area contributed by atoms with Crippen LogP contribution in [0.5, 0.6) is 0 Å². The Morgan fingerprint density at radius 1 is 1.29 bits per heavy atom. The van der Waals surface area contributed by atoms with Crippen LogP contribution in [-0.4, -0.2) is 29.1 Å². The fourth-order valence-corrected chi connectivity index (χ4v) is 3.39. The first-order chi connectivity index (χ1) is 11.5. The maximum absolute atomic E-state index is 12.3. The van der Waals surface area contributed by atoms with Gasteiger partial charge in [0, 0.05) is 11.9 Å². The van der Waals surface area contributed by atoms with Crippen molar-refractivity contribution in [3.63, 3.8) is 0 Å². The molecule has 0 aliphatic carbocycles. The quantitative estimate of drug-likeness (QED) is 0.927. The van der Waals surface area contributed by atoms with Crippen LogP contribution in [0.15, 0.2) is 47.6 Å². The van der Waals surface area contributed by atoms with Crippen LogP contribution in [0.25, 0.3) is 0 Å². The lowest BCUT2D eigenvalue weighted by Gasteiger charge is -2.27. The molecule has 124 valence electrons. The number of anilines is 2. The van der Waals surface area contributed by atoms with Crippen molar-refractivity contribution in [1.29, 1.82) is 0 Å². The summed E-state index contributed by atoms with van der Waals surface area (Å²) in [4.78, 5) is 30.2. The average Bonchev–Trinajstić information content (AvgIpc) is 2.58. The minimum Gasteiger partial charge on any atom is -0.325 e. The summed E-state index contributed by atoms with van der Waals surface area (Å²) in [6, 6.07) is 11.4. The third kappa shape index (κ3) is 3.59. The van der Waals surface area contributed by atoms with Crippen LogP contribution >= 0.6 is 11.8 Å². The normalized spacial score (nSPS) is 13.8. The zero-order valence-electron chi connectivity index (χ0n) is 13.7. The SMILES string of the molecule is CC(C)c1ccc(NC(=O)CN2C(=O)CSc3ncccc32)cc1. The fourth-order valence-electron chi connectivity index (χ4n) is 2.51. The zero-order chi connectivity index (χ0) is 17.1. The summed E-state index contributed by atoms with van der Waals surface area (Å²) in [5.41, 5.74) is 2.65. The first-order valence-electron chi connectivity index (χ1n) is 7.82. The number of hydrogen-bond donors (Lipinski definition) is 1. The van der Waals surface area contributed by atoms with Gasteiger partial charge in [-0.2, -0.15) is 0 Å². The van der Waals surface area contributed by atoms with E-state index in [-0.39, 0.29) is 18.4 Å². The Bertz CT molecular complexity index is 759. The van der Waals surface area contributed by atoms with Crippen LogP contribution in [0.4, 0.5) is 11.4 Å². The Hall–Kier alpha value is -2.34. The molecule has 1 aromatic heterocycles. The van der Waals surface area contributed by atoms with E-state index in [4.69, 9.17) is 0 Å². The van der Waals surface area contributed by atoms with Crippen LogP contribution in [0.2, 0.25) is 0 Å². The molecule has 0 radical (unpaired) electrons. The Kier molecular flexibility index (Phi) is 4.85. The van der Waals surface area contributed by atoms with Crippen molar-refractivity contribution >= 4 is 35.0 Å². The highest BCUT2D eigenvalue weighted by atomic mass is 32.2. The molecule has 0 bridgehead atoms. The summed E-state index contributed by atoms with van der Waals surface area (Å²) >= 11 is 1.40. The zero-order valence-corrected chi connectivity index (χ0v) is 14.5. The van der Waals surface area contributed by atoms with Crippen molar-refractivity contribution in [2.75, 3.05) is 22.5 Å². The summed E-state index contributed by atoms with van der Waals surface area (Å²) in [6.07, 6.45) is 1.69. The van der Waals surface area contributed by atoms with Crippen molar-refractivity contribution in [2.45, 2.75) is 24.8 Å². The molecule has 1 N–H and O–H groups in total. The third-order valence-corrected chi connectivity index (χ3v) is 4.82. The van der Waals surface area contributed by atoms with E-state index in [0.717, 1.165) is 10.7 Å². The van der Waals surface area contributed by atoms with Crippen LogP contribution in [0.1, 0.15) is 25.3 Å². The molecular weight excluding hydrogens is 322 g/mol. The molecule has 0 fully saturated rings. The highest BCUT2D eigenvalue weighted by molar-refractivity contribution is 8.00. The highest BCUT2D eigenvalue weighted by Crippen LogP contribution is 2.32. The lowest BCUT2D eigenvalue weighted by Crippen LogP contribution is -2.41. The monoisotopic (exact) mass is 341 g/mol. The number of fused-ring (bicyclic) bond motifs is 1. The van der Waals surface area contributed by atoms with Crippen LogP contribution in [0.3, 0.4) is 0 Å². The van der Waals surface area contributed by atoms with E-state index in [9.17, 15) is 9.59 Å². The number of nitrogens with zero attached hydrogens (tertiary/aromatic N) is 2. The number of carbonyl (C=O) groups is 2. The third-order valence-electron chi connectivity index (χ3n) is 3.84. The van der Waals surface area contributed by atoms with Crippen molar-refractivity contribution in [3.8, 4) is 0 Å². The number of benzene rings is 1. The lowest BCUT2D eigenvalue weighted by molar-refractivity contribution is -0.120. The van der Waals surface area contributed by atoms with Gasteiger partial charge in [0.2, 0.25) is 11.8 Å². The number of rotatable bonds is 4. The molecule has 24 heavy (non-hydrogen) atoms. The van der Waals surface area contributed by atoms with Gasteiger partial charge < -0.3 is 5.32 Å². The summed E-state index contributed by atoms with van der Waals surface area (Å²) in [7, 11) is 0. The van der Waals surface area contributed by atoms with Crippen molar-refractivity contribution < 1.29 is 9.59 Å². The lowest BCUT2D eigenvalue weighted by atomic mass is 10.0. The van der Waals surface area contributed by atoms with Crippen LogP contribution in [-0.2, 0) is 9.59 Å². The van der Waals surface area contributed by atoms with Crippen LogP contribution in [0, 0.1) is 0 Å². The summed E-state index contributed by atoms with van der Waals surface area (Å²) in [6.45, 7) is 4.24. The predicted octanol–water partition coefficient (Wildman–Crippen LogP) is 3.28. The molecule has 5 nitrogen and oxygen atoms in total. The molecular formula is C18H19N3O2S. The topological polar surface area (TPSA) is 62.3 Å². The first kappa shape index (κ1) is 16.5. The molecule has 0 spiro atoms. The van der Waals surface area contributed by atoms with Gasteiger partial charge >= 0.3 is 0 Å². The molecule has 1 aliphatic rings. The predicted molar refractivity (Wildman–Crippen MR) is 96.5 cm³/mol. The maximum Gasteiger partial charge on any atom is 0.244 e. The Balaban J connectivity index is 1.69. The minimum absolute atomic E-state index is 0.00990. The second-order valence-corrected chi connectivity index (χ2v) is 6.89. The number of aromatic nitrogens is 1. The van der Waals surface area contributed by atoms with Gasteiger partial charge in [-0.1, -0.05) is 37.7 Å². The van der Waals surface area contributed by atoms with E-state index in [1.165, 1.54) is 22.2 Å². The standard InChI is InChI=1S/C18H19N3O2S/c1-12(2)13-5-7-14(8-6-13)20-16(22)10-21-15-4-3-9-19-18(15)24-11-17(21)23/h3-9,12H,10-11H2,1-2H3,(H,20,22). The second-order valence-electron chi connectivity index (χ2n) is 5.92. The van der Waals surface area contributed by atoms with Gasteiger partial charge in [-0.3, -0.25) is 14.5 Å². The molecule has 0 saturated carbocycles. The second kappa shape index (κ2) is 7.05. The van der Waals surface area contributed by atoms with E-state index in [1.54, 1.807) is 12.3 Å². The molecule has 1 aromatic carbocycles. The molecule has 0 unspecified atom stereocenters. The molecule has 6 heteroatoms. The molecule has 1 aliphatic heterocycles. The molecule has 2 heterocycles. The van der Waals surface area contributed by atoms with Crippen molar-refractivity contribution in [2.24, 2.45) is 0 Å². The molecule has 2 aromatic rings. The first-order valence-corrected chi connectivity index (χ1v) is 8.81. The van der Waals surface area contributed by atoms with E-state index >= 15 is 0 Å². The summed E-state index contributed by atoms with van der Waals surface area (Å²) in [5.74, 6) is 0.454. The number of hydrogen-bond acceptors (Lipinski definition) is 4. The number of nitrogens with one attached hydrogen (secondary N) is 1. The molecule has 0 saturated heterocycles. The number of pyridine rings is 1. The number of carbonyl (C=O) groups excluding carboxylic acids is 2. The van der Waals surface area contributed by atoms with Gasteiger partial charge in [-0.05, 0) is 35.7 Å². The van der Waals surface area contributed by atoms with Crippen molar-refractivity contribution in [1.82, 2.24) is 4.98 Å².